The Morgan fingerprint density at radius 2 is 2.06 bits per heavy atom. The second-order valence-corrected chi connectivity index (χ2v) is 5.79. The molecular formula is C12H19NO3. The van der Waals surface area contributed by atoms with E-state index < -0.39 is 5.60 Å². The van der Waals surface area contributed by atoms with Crippen LogP contribution in [0.5, 0.6) is 0 Å². The Labute approximate surface area is 95.9 Å². The molecule has 16 heavy (non-hydrogen) atoms. The summed E-state index contributed by atoms with van der Waals surface area (Å²) in [4.78, 5) is 25.2. The van der Waals surface area contributed by atoms with E-state index >= 15 is 0 Å². The fourth-order valence-corrected chi connectivity index (χ4v) is 2.73. The molecule has 0 radical (unpaired) electrons. The average molecular weight is 225 g/mol. The van der Waals surface area contributed by atoms with Gasteiger partial charge in [-0.25, -0.2) is 4.79 Å². The number of carbonyl (C=O) groups is 2. The number of nitrogens with zero attached hydrogens (tertiary/aromatic N) is 1. The molecule has 0 unspecified atom stereocenters. The number of carbonyl (C=O) groups excluding carboxylic acids is 2. The van der Waals surface area contributed by atoms with E-state index in [0.29, 0.717) is 12.2 Å². The number of ketones is 1. The van der Waals surface area contributed by atoms with Gasteiger partial charge in [0.05, 0.1) is 0 Å². The molecule has 0 spiro atoms. The fourth-order valence-electron chi connectivity index (χ4n) is 2.73. The topological polar surface area (TPSA) is 46.6 Å². The zero-order valence-corrected chi connectivity index (χ0v) is 10.3. The highest BCUT2D eigenvalue weighted by atomic mass is 16.6. The molecule has 90 valence electrons. The molecule has 2 rings (SSSR count). The molecule has 1 saturated heterocycles. The minimum atomic E-state index is -0.470. The predicted molar refractivity (Wildman–Crippen MR) is 59.1 cm³/mol. The maximum Gasteiger partial charge on any atom is 0.410 e. The summed E-state index contributed by atoms with van der Waals surface area (Å²) in [6, 6.07) is 0.0726. The number of piperidine rings is 1. The van der Waals surface area contributed by atoms with E-state index in [-0.39, 0.29) is 24.1 Å². The highest BCUT2D eigenvalue weighted by molar-refractivity contribution is 5.88. The predicted octanol–water partition coefficient (Wildman–Crippen LogP) is 1.97. The number of Topliss-reactive ketones (excluding diaryl/α,β-unsaturated/α-hetero) is 1. The Morgan fingerprint density at radius 1 is 1.44 bits per heavy atom. The van der Waals surface area contributed by atoms with Crippen LogP contribution >= 0.6 is 0 Å². The summed E-state index contributed by atoms with van der Waals surface area (Å²) in [6.07, 6.45) is 1.05. The lowest BCUT2D eigenvalue weighted by Crippen LogP contribution is -2.48. The van der Waals surface area contributed by atoms with Crippen LogP contribution in [-0.2, 0) is 9.53 Å². The Morgan fingerprint density at radius 3 is 2.50 bits per heavy atom. The summed E-state index contributed by atoms with van der Waals surface area (Å²) in [7, 11) is 0. The molecule has 2 fully saturated rings. The molecule has 1 amide bonds. The lowest BCUT2D eigenvalue weighted by molar-refractivity contribution is -0.124. The third-order valence-corrected chi connectivity index (χ3v) is 3.40. The van der Waals surface area contributed by atoms with Crippen molar-refractivity contribution in [2.24, 2.45) is 5.92 Å². The highest BCUT2D eigenvalue weighted by Gasteiger charge is 2.51. The first-order chi connectivity index (χ1) is 7.29. The van der Waals surface area contributed by atoms with Gasteiger partial charge >= 0.3 is 6.09 Å². The van der Waals surface area contributed by atoms with Crippen molar-refractivity contribution in [1.29, 1.82) is 0 Å². The van der Waals surface area contributed by atoms with Crippen molar-refractivity contribution in [1.82, 2.24) is 4.90 Å². The third kappa shape index (κ3) is 1.81. The molecule has 4 nitrogen and oxygen atoms in total. The molecule has 2 bridgehead atoms. The van der Waals surface area contributed by atoms with E-state index in [1.807, 2.05) is 27.7 Å². The maximum absolute atomic E-state index is 12.0. The van der Waals surface area contributed by atoms with Gasteiger partial charge in [0.15, 0.2) is 0 Å². The van der Waals surface area contributed by atoms with Crippen molar-refractivity contribution in [2.75, 3.05) is 0 Å². The van der Waals surface area contributed by atoms with Crippen molar-refractivity contribution in [3.05, 3.63) is 0 Å². The molecule has 0 aromatic rings. The van der Waals surface area contributed by atoms with Gasteiger partial charge in [-0.2, -0.15) is 0 Å². The number of amides is 1. The van der Waals surface area contributed by atoms with Crippen LogP contribution in [0, 0.1) is 5.92 Å². The summed E-state index contributed by atoms with van der Waals surface area (Å²) < 4.78 is 5.36. The second-order valence-electron chi connectivity index (χ2n) is 5.79. The van der Waals surface area contributed by atoms with Crippen molar-refractivity contribution >= 4 is 11.9 Å². The van der Waals surface area contributed by atoms with Gasteiger partial charge < -0.3 is 9.64 Å². The molecule has 1 aliphatic carbocycles. The van der Waals surface area contributed by atoms with Crippen LogP contribution in [0.3, 0.4) is 0 Å². The van der Waals surface area contributed by atoms with Gasteiger partial charge in [0.1, 0.15) is 11.4 Å². The van der Waals surface area contributed by atoms with Gasteiger partial charge in [0.2, 0.25) is 0 Å². The molecular weight excluding hydrogens is 206 g/mol. The van der Waals surface area contributed by atoms with Gasteiger partial charge in [-0.15, -0.1) is 0 Å². The Hall–Kier alpha value is -1.06. The number of hydrogen-bond donors (Lipinski definition) is 0. The lowest BCUT2D eigenvalue weighted by atomic mass is 9.99. The van der Waals surface area contributed by atoms with Crippen LogP contribution in [0.1, 0.15) is 40.5 Å². The Balaban J connectivity index is 2.07. The molecule has 0 aromatic heterocycles. The van der Waals surface area contributed by atoms with Gasteiger partial charge in [-0.1, -0.05) is 0 Å². The summed E-state index contributed by atoms with van der Waals surface area (Å²) in [5, 5.41) is 0. The SMILES string of the molecule is C[C@H]1[C@H]2C[C@H](CC2=O)N1C(=O)OC(C)(C)C. The lowest BCUT2D eigenvalue weighted by Gasteiger charge is -2.34. The van der Waals surface area contributed by atoms with Crippen molar-refractivity contribution in [3.63, 3.8) is 0 Å². The number of fused-ring (bicyclic) bond motifs is 2. The third-order valence-electron chi connectivity index (χ3n) is 3.40. The number of ether oxygens (including phenoxy) is 1. The number of rotatable bonds is 0. The molecule has 2 aliphatic rings. The Bertz CT molecular complexity index is 330. The van der Waals surface area contributed by atoms with E-state index in [2.05, 4.69) is 0 Å². The van der Waals surface area contributed by atoms with Crippen LogP contribution in [0.25, 0.3) is 0 Å². The molecule has 4 heteroatoms. The number of hydrogen-bond acceptors (Lipinski definition) is 3. The minimum absolute atomic E-state index is 0.00102. The standard InChI is InChI=1S/C12H19NO3/c1-7-9-5-8(6-10(9)14)13(7)11(15)16-12(2,3)4/h7-9H,5-6H2,1-4H3/t7-,8+,9+/m0/s1. The molecule has 1 aliphatic heterocycles. The summed E-state index contributed by atoms with van der Waals surface area (Å²) >= 11 is 0. The maximum atomic E-state index is 12.0. The van der Waals surface area contributed by atoms with Crippen LogP contribution in [0.15, 0.2) is 0 Å². The number of likely N-dealkylation sites (tertiary alicyclic amines) is 1. The first-order valence-electron chi connectivity index (χ1n) is 5.83. The van der Waals surface area contributed by atoms with Gasteiger partial charge in [-0.3, -0.25) is 4.79 Å². The van der Waals surface area contributed by atoms with Crippen LogP contribution in [-0.4, -0.2) is 34.5 Å². The molecule has 1 saturated carbocycles. The van der Waals surface area contributed by atoms with Gasteiger partial charge in [-0.05, 0) is 34.1 Å². The van der Waals surface area contributed by atoms with E-state index in [9.17, 15) is 9.59 Å². The van der Waals surface area contributed by atoms with E-state index in [4.69, 9.17) is 4.74 Å². The summed E-state index contributed by atoms with van der Waals surface area (Å²) in [5.41, 5.74) is -0.470. The van der Waals surface area contributed by atoms with E-state index in [1.165, 1.54) is 0 Å². The highest BCUT2D eigenvalue weighted by Crippen LogP contribution is 2.40. The van der Waals surface area contributed by atoms with Crippen LogP contribution < -0.4 is 0 Å². The normalized spacial score (nSPS) is 33.4. The van der Waals surface area contributed by atoms with Crippen LogP contribution in [0.4, 0.5) is 4.79 Å². The van der Waals surface area contributed by atoms with E-state index in [0.717, 1.165) is 6.42 Å². The second kappa shape index (κ2) is 3.47. The fraction of sp³-hybridized carbons (Fsp3) is 0.833. The monoisotopic (exact) mass is 225 g/mol. The average Bonchev–Trinajstić information content (AvgIpc) is 2.56. The first-order valence-corrected chi connectivity index (χ1v) is 5.83. The minimum Gasteiger partial charge on any atom is -0.444 e. The van der Waals surface area contributed by atoms with Crippen molar-refractivity contribution in [3.8, 4) is 0 Å². The zero-order chi connectivity index (χ0) is 12.1. The van der Waals surface area contributed by atoms with Crippen LogP contribution in [0.2, 0.25) is 0 Å². The quantitative estimate of drug-likeness (QED) is 0.633. The zero-order valence-electron chi connectivity index (χ0n) is 10.3. The first kappa shape index (κ1) is 11.4. The smallest absolute Gasteiger partial charge is 0.410 e. The molecule has 1 heterocycles. The Kier molecular flexibility index (Phi) is 2.48. The van der Waals surface area contributed by atoms with E-state index in [1.54, 1.807) is 4.90 Å². The molecule has 0 aromatic carbocycles. The van der Waals surface area contributed by atoms with Crippen molar-refractivity contribution < 1.29 is 14.3 Å². The largest absolute Gasteiger partial charge is 0.444 e. The molecule has 0 N–H and O–H groups in total. The summed E-state index contributed by atoms with van der Waals surface area (Å²) in [5.74, 6) is 0.342. The van der Waals surface area contributed by atoms with Gasteiger partial charge in [0, 0.05) is 24.4 Å². The van der Waals surface area contributed by atoms with Crippen molar-refractivity contribution in [2.45, 2.75) is 58.2 Å². The summed E-state index contributed by atoms with van der Waals surface area (Å²) in [6.45, 7) is 7.50. The molecule has 3 atom stereocenters. The van der Waals surface area contributed by atoms with Gasteiger partial charge in [0.25, 0.3) is 0 Å².